The molecule has 1 unspecified atom stereocenters. The Morgan fingerprint density at radius 2 is 1.46 bits per heavy atom. The first-order valence-electron chi connectivity index (χ1n) is 8.74. The molecule has 3 aromatic rings. The smallest absolute Gasteiger partial charge is 0.324 e. The molecule has 2 aromatic carbocycles. The molecule has 0 spiro atoms. The van der Waals surface area contributed by atoms with E-state index in [1.807, 2.05) is 0 Å². The minimum atomic E-state index is -0.984. The molecule has 0 aliphatic carbocycles. The van der Waals surface area contributed by atoms with E-state index >= 15 is 0 Å². The normalized spacial score (nSPS) is 14.5. The maximum absolute atomic E-state index is 12.7. The molecule has 0 saturated heterocycles. The number of imide groups is 1. The maximum Gasteiger partial charge on any atom is 0.328 e. The van der Waals surface area contributed by atoms with Crippen molar-refractivity contribution in [3.05, 3.63) is 64.1 Å². The first kappa shape index (κ1) is 17.7. The number of aryl methyl sites for hydroxylation is 2. The van der Waals surface area contributed by atoms with Crippen LogP contribution in [0.15, 0.2) is 47.3 Å². The lowest BCUT2D eigenvalue weighted by Crippen LogP contribution is -2.45. The van der Waals surface area contributed by atoms with Gasteiger partial charge in [0.1, 0.15) is 6.04 Å². The van der Waals surface area contributed by atoms with E-state index in [0.717, 1.165) is 10.4 Å². The van der Waals surface area contributed by atoms with Gasteiger partial charge in [0, 0.05) is 19.8 Å². The average molecular weight is 378 g/mol. The molecule has 142 valence electrons. The highest BCUT2D eigenvalue weighted by molar-refractivity contribution is 6.23. The van der Waals surface area contributed by atoms with Gasteiger partial charge in [0.05, 0.1) is 22.2 Å². The van der Waals surface area contributed by atoms with Gasteiger partial charge in [-0.15, -0.1) is 0 Å². The van der Waals surface area contributed by atoms with E-state index in [1.165, 1.54) is 16.1 Å². The zero-order valence-corrected chi connectivity index (χ0v) is 15.6. The van der Waals surface area contributed by atoms with E-state index in [4.69, 9.17) is 0 Å². The predicted octanol–water partition coefficient (Wildman–Crippen LogP) is 1.50. The summed E-state index contributed by atoms with van der Waals surface area (Å²) in [7, 11) is 3.32. The minimum absolute atomic E-state index is 0.169. The largest absolute Gasteiger partial charge is 0.328 e. The SMILES string of the molecule is CC(C(=O)Nc1ccc2c(c1)n(C)c(=O)n2C)N1C(=O)c2ccccc2C1=O. The zero-order valence-electron chi connectivity index (χ0n) is 15.6. The Balaban J connectivity index is 1.60. The Morgan fingerprint density at radius 3 is 2.07 bits per heavy atom. The molecule has 2 heterocycles. The highest BCUT2D eigenvalue weighted by atomic mass is 16.2. The molecule has 4 rings (SSSR count). The van der Waals surface area contributed by atoms with E-state index in [9.17, 15) is 19.2 Å². The number of hydrogen-bond donors (Lipinski definition) is 1. The highest BCUT2D eigenvalue weighted by Crippen LogP contribution is 2.25. The fourth-order valence-electron chi connectivity index (χ4n) is 3.51. The summed E-state index contributed by atoms with van der Waals surface area (Å²) >= 11 is 0. The second-order valence-electron chi connectivity index (χ2n) is 6.80. The topological polar surface area (TPSA) is 93.4 Å². The van der Waals surface area contributed by atoms with Gasteiger partial charge in [-0.05, 0) is 37.3 Å². The molecular weight excluding hydrogens is 360 g/mol. The lowest BCUT2D eigenvalue weighted by molar-refractivity contribution is -0.119. The molecule has 1 aliphatic rings. The standard InChI is InChI=1S/C20H18N4O4/c1-11(24-18(26)13-6-4-5-7-14(13)19(24)27)17(25)21-12-8-9-15-16(10-12)23(3)20(28)22(15)2/h4-11H,1-3H3,(H,21,25). The fourth-order valence-corrected chi connectivity index (χ4v) is 3.51. The van der Waals surface area contributed by atoms with E-state index in [-0.39, 0.29) is 5.69 Å². The van der Waals surface area contributed by atoms with Crippen LogP contribution in [0.25, 0.3) is 11.0 Å². The quantitative estimate of drug-likeness (QED) is 0.699. The van der Waals surface area contributed by atoms with Crippen molar-refractivity contribution in [3.8, 4) is 0 Å². The van der Waals surface area contributed by atoms with Crippen molar-refractivity contribution in [2.45, 2.75) is 13.0 Å². The van der Waals surface area contributed by atoms with Crippen molar-refractivity contribution < 1.29 is 14.4 Å². The fraction of sp³-hybridized carbons (Fsp3) is 0.200. The maximum atomic E-state index is 12.7. The summed E-state index contributed by atoms with van der Waals surface area (Å²) in [4.78, 5) is 50.8. The number of anilines is 1. The van der Waals surface area contributed by atoms with Crippen molar-refractivity contribution in [3.63, 3.8) is 0 Å². The summed E-state index contributed by atoms with van der Waals surface area (Å²) in [6, 6.07) is 10.6. The van der Waals surface area contributed by atoms with Crippen LogP contribution in [0.5, 0.6) is 0 Å². The summed E-state index contributed by atoms with van der Waals surface area (Å²) in [6.07, 6.45) is 0. The van der Waals surface area contributed by atoms with Gasteiger partial charge >= 0.3 is 5.69 Å². The molecule has 0 fully saturated rings. The second kappa shape index (κ2) is 6.19. The van der Waals surface area contributed by atoms with E-state index < -0.39 is 23.8 Å². The number of carbonyl (C=O) groups excluding carboxylic acids is 3. The van der Waals surface area contributed by atoms with Crippen molar-refractivity contribution in [2.75, 3.05) is 5.32 Å². The van der Waals surface area contributed by atoms with E-state index in [1.54, 1.807) is 56.6 Å². The van der Waals surface area contributed by atoms with Crippen LogP contribution < -0.4 is 11.0 Å². The molecule has 0 saturated carbocycles. The molecule has 0 radical (unpaired) electrons. The van der Waals surface area contributed by atoms with Gasteiger partial charge in [-0.25, -0.2) is 4.79 Å². The van der Waals surface area contributed by atoms with Crippen molar-refractivity contribution in [1.82, 2.24) is 14.0 Å². The number of aromatic nitrogens is 2. The summed E-state index contributed by atoms with van der Waals surface area (Å²) in [5, 5.41) is 2.72. The van der Waals surface area contributed by atoms with E-state index in [0.29, 0.717) is 22.3 Å². The molecule has 1 N–H and O–H groups in total. The van der Waals surface area contributed by atoms with Gasteiger partial charge in [0.25, 0.3) is 11.8 Å². The van der Waals surface area contributed by atoms with Gasteiger partial charge in [0.15, 0.2) is 0 Å². The lowest BCUT2D eigenvalue weighted by Gasteiger charge is -2.21. The van der Waals surface area contributed by atoms with Crippen LogP contribution >= 0.6 is 0 Å². The number of imidazole rings is 1. The molecule has 28 heavy (non-hydrogen) atoms. The molecule has 8 nitrogen and oxygen atoms in total. The van der Waals surface area contributed by atoms with Crippen LogP contribution in [0.1, 0.15) is 27.6 Å². The lowest BCUT2D eigenvalue weighted by atomic mass is 10.1. The number of carbonyl (C=O) groups is 3. The number of fused-ring (bicyclic) bond motifs is 2. The summed E-state index contributed by atoms with van der Waals surface area (Å²) < 4.78 is 3.00. The number of rotatable bonds is 3. The Kier molecular flexibility index (Phi) is 3.92. The number of benzene rings is 2. The molecule has 1 atom stereocenters. The van der Waals surface area contributed by atoms with Gasteiger partial charge in [-0.2, -0.15) is 0 Å². The molecule has 1 aliphatic heterocycles. The molecular formula is C20H18N4O4. The summed E-state index contributed by atoms with van der Waals surface area (Å²) in [5.41, 5.74) is 2.30. The number of hydrogen-bond acceptors (Lipinski definition) is 4. The van der Waals surface area contributed by atoms with Crippen LogP contribution in [-0.2, 0) is 18.9 Å². The Labute approximate surface area is 160 Å². The first-order chi connectivity index (χ1) is 13.3. The Bertz CT molecular complexity index is 1190. The first-order valence-corrected chi connectivity index (χ1v) is 8.74. The van der Waals surface area contributed by atoms with Crippen LogP contribution in [-0.4, -0.2) is 37.8 Å². The van der Waals surface area contributed by atoms with Gasteiger partial charge in [-0.1, -0.05) is 12.1 Å². The van der Waals surface area contributed by atoms with Crippen LogP contribution in [0.4, 0.5) is 5.69 Å². The summed E-state index contributed by atoms with van der Waals surface area (Å²) in [5.74, 6) is -1.46. The molecule has 3 amide bonds. The number of nitrogens with one attached hydrogen (secondary N) is 1. The minimum Gasteiger partial charge on any atom is -0.324 e. The summed E-state index contributed by atoms with van der Waals surface area (Å²) in [6.45, 7) is 1.51. The van der Waals surface area contributed by atoms with Crippen LogP contribution in [0, 0.1) is 0 Å². The van der Waals surface area contributed by atoms with Crippen LogP contribution in [0.2, 0.25) is 0 Å². The highest BCUT2D eigenvalue weighted by Gasteiger charge is 2.40. The molecule has 0 bridgehead atoms. The number of amides is 3. The van der Waals surface area contributed by atoms with Gasteiger partial charge in [-0.3, -0.25) is 28.4 Å². The third kappa shape index (κ3) is 2.45. The third-order valence-corrected chi connectivity index (χ3v) is 5.13. The Hall–Kier alpha value is -3.68. The zero-order chi connectivity index (χ0) is 20.2. The van der Waals surface area contributed by atoms with Gasteiger partial charge < -0.3 is 5.32 Å². The molecule has 1 aromatic heterocycles. The second-order valence-corrected chi connectivity index (χ2v) is 6.80. The van der Waals surface area contributed by atoms with Gasteiger partial charge in [0.2, 0.25) is 5.91 Å². The molecule has 8 heteroatoms. The average Bonchev–Trinajstić information content (AvgIpc) is 3.07. The number of nitrogens with zero attached hydrogens (tertiary/aromatic N) is 3. The Morgan fingerprint density at radius 1 is 0.893 bits per heavy atom. The van der Waals surface area contributed by atoms with Crippen molar-refractivity contribution in [1.29, 1.82) is 0 Å². The van der Waals surface area contributed by atoms with Crippen LogP contribution in [0.3, 0.4) is 0 Å². The third-order valence-electron chi connectivity index (χ3n) is 5.13. The van der Waals surface area contributed by atoms with Crippen molar-refractivity contribution >= 4 is 34.4 Å². The van der Waals surface area contributed by atoms with E-state index in [2.05, 4.69) is 5.32 Å². The van der Waals surface area contributed by atoms with Crippen molar-refractivity contribution in [2.24, 2.45) is 14.1 Å². The monoisotopic (exact) mass is 378 g/mol. The predicted molar refractivity (Wildman–Crippen MR) is 103 cm³/mol.